The van der Waals surface area contributed by atoms with Gasteiger partial charge in [0.2, 0.25) is 0 Å². The van der Waals surface area contributed by atoms with Gasteiger partial charge in [0.1, 0.15) is 6.29 Å². The quantitative estimate of drug-likeness (QED) is 0.393. The van der Waals surface area contributed by atoms with E-state index in [1.165, 1.54) is 0 Å². The number of hydrogen-bond donors (Lipinski definition) is 0. The van der Waals surface area contributed by atoms with Crippen molar-refractivity contribution < 1.29 is 23.9 Å². The lowest BCUT2D eigenvalue weighted by molar-refractivity contribution is -0.166. The molecule has 5 nitrogen and oxygen atoms in total. The summed E-state index contributed by atoms with van der Waals surface area (Å²) in [6.07, 6.45) is 0.794. The van der Waals surface area contributed by atoms with E-state index in [-0.39, 0.29) is 19.6 Å². The number of ether oxygens (including phenoxy) is 2. The molecule has 0 radical (unpaired) electrons. The summed E-state index contributed by atoms with van der Waals surface area (Å²) < 4.78 is 9.67. The molecule has 16 heavy (non-hydrogen) atoms. The number of rotatable bonds is 5. The van der Waals surface area contributed by atoms with Crippen LogP contribution in [0.3, 0.4) is 0 Å². The van der Waals surface area contributed by atoms with Crippen LogP contribution in [0, 0.1) is 10.8 Å². The largest absolute Gasteiger partial charge is 0.465 e. The molecule has 0 spiro atoms. The predicted octanol–water partition coefficient (Wildman–Crippen LogP) is 0.708. The highest BCUT2D eigenvalue weighted by molar-refractivity contribution is 6.08. The molecular weight excluding hydrogens is 212 g/mol. The zero-order chi connectivity index (χ0) is 12.4. The van der Waals surface area contributed by atoms with E-state index >= 15 is 0 Å². The van der Waals surface area contributed by atoms with Gasteiger partial charge >= 0.3 is 11.9 Å². The number of carbonyl (C=O) groups excluding carboxylic acids is 3. The molecule has 5 heteroatoms. The van der Waals surface area contributed by atoms with Crippen LogP contribution >= 0.6 is 0 Å². The second kappa shape index (κ2) is 4.23. The monoisotopic (exact) mass is 228 g/mol. The molecule has 1 rings (SSSR count). The van der Waals surface area contributed by atoms with Crippen LogP contribution in [0.2, 0.25) is 0 Å². The first-order chi connectivity index (χ1) is 7.48. The van der Waals surface area contributed by atoms with Crippen molar-refractivity contribution in [1.82, 2.24) is 0 Å². The number of hydrogen-bond acceptors (Lipinski definition) is 5. The highest BCUT2D eigenvalue weighted by Crippen LogP contribution is 2.63. The van der Waals surface area contributed by atoms with Crippen molar-refractivity contribution in [2.75, 3.05) is 13.2 Å². The SMILES string of the molecule is CCOC(=O)C1(C(=O)OCC)CC1(C)C=O. The second-order valence-electron chi connectivity index (χ2n) is 4.06. The Morgan fingerprint density at radius 2 is 1.62 bits per heavy atom. The topological polar surface area (TPSA) is 69.7 Å². The Hall–Kier alpha value is -1.39. The third kappa shape index (κ3) is 1.60. The van der Waals surface area contributed by atoms with Gasteiger partial charge in [0.05, 0.1) is 18.6 Å². The minimum Gasteiger partial charge on any atom is -0.465 e. The van der Waals surface area contributed by atoms with E-state index in [0.29, 0.717) is 6.29 Å². The maximum Gasteiger partial charge on any atom is 0.324 e. The highest BCUT2D eigenvalue weighted by Gasteiger charge is 2.76. The van der Waals surface area contributed by atoms with E-state index in [2.05, 4.69) is 0 Å². The molecule has 0 aromatic rings. The molecule has 0 aromatic heterocycles. The molecule has 0 amide bonds. The lowest BCUT2D eigenvalue weighted by atomic mass is 9.95. The van der Waals surface area contributed by atoms with E-state index in [4.69, 9.17) is 9.47 Å². The summed E-state index contributed by atoms with van der Waals surface area (Å²) in [7, 11) is 0. The van der Waals surface area contributed by atoms with Gasteiger partial charge in [-0.25, -0.2) is 0 Å². The zero-order valence-electron chi connectivity index (χ0n) is 9.74. The van der Waals surface area contributed by atoms with Gasteiger partial charge in [0.15, 0.2) is 5.41 Å². The summed E-state index contributed by atoms with van der Waals surface area (Å²) in [5.41, 5.74) is -2.40. The van der Waals surface area contributed by atoms with Gasteiger partial charge < -0.3 is 14.3 Å². The zero-order valence-corrected chi connectivity index (χ0v) is 9.74. The minimum absolute atomic E-state index is 0.168. The number of carbonyl (C=O) groups is 3. The highest BCUT2D eigenvalue weighted by atomic mass is 16.6. The molecule has 0 bridgehead atoms. The lowest BCUT2D eigenvalue weighted by Gasteiger charge is -2.16. The predicted molar refractivity (Wildman–Crippen MR) is 54.5 cm³/mol. The molecule has 1 saturated carbocycles. The van der Waals surface area contributed by atoms with Gasteiger partial charge in [-0.15, -0.1) is 0 Å². The Morgan fingerprint density at radius 1 is 1.19 bits per heavy atom. The van der Waals surface area contributed by atoms with Crippen LogP contribution in [0.5, 0.6) is 0 Å². The molecule has 1 atom stereocenters. The Labute approximate surface area is 94.1 Å². The second-order valence-corrected chi connectivity index (χ2v) is 4.06. The van der Waals surface area contributed by atoms with Gasteiger partial charge in [-0.2, -0.15) is 0 Å². The Kier molecular flexibility index (Phi) is 3.35. The molecule has 0 heterocycles. The Balaban J connectivity index is 2.94. The molecule has 0 saturated heterocycles. The maximum absolute atomic E-state index is 11.7. The van der Waals surface area contributed by atoms with Gasteiger partial charge in [-0.05, 0) is 20.3 Å². The van der Waals surface area contributed by atoms with Crippen LogP contribution in [0.4, 0.5) is 0 Å². The van der Waals surface area contributed by atoms with Crippen molar-refractivity contribution in [3.63, 3.8) is 0 Å². The fourth-order valence-corrected chi connectivity index (χ4v) is 1.85. The molecule has 1 aliphatic carbocycles. The molecule has 1 aliphatic rings. The molecular formula is C11H16O5. The van der Waals surface area contributed by atoms with Gasteiger partial charge in [-0.1, -0.05) is 6.92 Å². The maximum atomic E-state index is 11.7. The Morgan fingerprint density at radius 3 is 1.88 bits per heavy atom. The normalized spacial score (nSPS) is 25.7. The van der Waals surface area contributed by atoms with E-state index in [9.17, 15) is 14.4 Å². The van der Waals surface area contributed by atoms with Crippen LogP contribution in [-0.2, 0) is 23.9 Å². The van der Waals surface area contributed by atoms with Crippen molar-refractivity contribution >= 4 is 18.2 Å². The minimum atomic E-state index is -1.42. The van der Waals surface area contributed by atoms with Crippen molar-refractivity contribution in [3.8, 4) is 0 Å². The molecule has 1 fully saturated rings. The summed E-state index contributed by atoms with van der Waals surface area (Å²) in [6, 6.07) is 0. The van der Waals surface area contributed by atoms with E-state index in [0.717, 1.165) is 0 Å². The van der Waals surface area contributed by atoms with Crippen molar-refractivity contribution in [2.45, 2.75) is 27.2 Å². The van der Waals surface area contributed by atoms with Crippen molar-refractivity contribution in [1.29, 1.82) is 0 Å². The fraction of sp³-hybridized carbons (Fsp3) is 0.727. The molecule has 1 unspecified atom stereocenters. The summed E-state index contributed by atoms with van der Waals surface area (Å²) in [4.78, 5) is 34.4. The summed E-state index contributed by atoms with van der Waals surface area (Å²) >= 11 is 0. The van der Waals surface area contributed by atoms with Crippen LogP contribution in [0.1, 0.15) is 27.2 Å². The van der Waals surface area contributed by atoms with Crippen molar-refractivity contribution in [2.24, 2.45) is 10.8 Å². The van der Waals surface area contributed by atoms with Crippen LogP contribution < -0.4 is 0 Å². The first-order valence-corrected chi connectivity index (χ1v) is 5.29. The first-order valence-electron chi connectivity index (χ1n) is 5.29. The van der Waals surface area contributed by atoms with Gasteiger partial charge in [0, 0.05) is 0 Å². The third-order valence-electron chi connectivity index (χ3n) is 2.99. The van der Waals surface area contributed by atoms with Crippen molar-refractivity contribution in [3.05, 3.63) is 0 Å². The summed E-state index contributed by atoms with van der Waals surface area (Å²) in [6.45, 7) is 5.21. The summed E-state index contributed by atoms with van der Waals surface area (Å²) in [5, 5.41) is 0. The van der Waals surface area contributed by atoms with Crippen LogP contribution in [0.15, 0.2) is 0 Å². The molecule has 0 aromatic carbocycles. The van der Waals surface area contributed by atoms with E-state index in [1.54, 1.807) is 20.8 Å². The van der Waals surface area contributed by atoms with E-state index in [1.807, 2.05) is 0 Å². The Bertz CT molecular complexity index is 304. The third-order valence-corrected chi connectivity index (χ3v) is 2.99. The van der Waals surface area contributed by atoms with Gasteiger partial charge in [-0.3, -0.25) is 9.59 Å². The van der Waals surface area contributed by atoms with Crippen LogP contribution in [-0.4, -0.2) is 31.4 Å². The number of aldehydes is 1. The smallest absolute Gasteiger partial charge is 0.324 e. The van der Waals surface area contributed by atoms with E-state index < -0.39 is 22.8 Å². The van der Waals surface area contributed by atoms with Crippen LogP contribution in [0.25, 0.3) is 0 Å². The lowest BCUT2D eigenvalue weighted by Crippen LogP contribution is -2.35. The molecule has 90 valence electrons. The number of esters is 2. The average Bonchev–Trinajstić information content (AvgIpc) is 2.88. The molecule has 0 aliphatic heterocycles. The van der Waals surface area contributed by atoms with Gasteiger partial charge in [0.25, 0.3) is 0 Å². The summed E-state index contributed by atoms with van der Waals surface area (Å²) in [5.74, 6) is -1.33. The average molecular weight is 228 g/mol. The molecule has 0 N–H and O–H groups in total. The first kappa shape index (κ1) is 12.7. The standard InChI is InChI=1S/C11H16O5/c1-4-15-8(13)11(9(14)16-5-2)6-10(11,3)7-12/h7H,4-6H2,1-3H3. The fourth-order valence-electron chi connectivity index (χ4n) is 1.85.